The van der Waals surface area contributed by atoms with Gasteiger partial charge in [-0.1, -0.05) is 90.1 Å². The third-order valence-electron chi connectivity index (χ3n) is 10.9. The Hall–Kier alpha value is -4.10. The van der Waals surface area contributed by atoms with Crippen molar-refractivity contribution in [2.75, 3.05) is 4.90 Å². The van der Waals surface area contributed by atoms with Gasteiger partial charge in [-0.05, 0) is 86.4 Å². The molecular formula is C36H36N2O2. The van der Waals surface area contributed by atoms with Crippen molar-refractivity contribution < 1.29 is 9.90 Å². The van der Waals surface area contributed by atoms with Crippen LogP contribution in [0.25, 0.3) is 17.2 Å². The summed E-state index contributed by atoms with van der Waals surface area (Å²) in [4.78, 5) is 13.8. The molecule has 4 nitrogen and oxygen atoms in total. The van der Waals surface area contributed by atoms with E-state index in [1.807, 2.05) is 6.08 Å². The minimum absolute atomic E-state index is 0.0179. The number of hydrogen-bond acceptors (Lipinski definition) is 3. The summed E-state index contributed by atoms with van der Waals surface area (Å²) in [7, 11) is 0. The summed E-state index contributed by atoms with van der Waals surface area (Å²) in [5.74, 6) is -0.898. The third-order valence-corrected chi connectivity index (χ3v) is 10.9. The van der Waals surface area contributed by atoms with Crippen LogP contribution in [0.4, 0.5) is 11.4 Å². The van der Waals surface area contributed by atoms with E-state index in [0.29, 0.717) is 5.92 Å². The number of aliphatic carboxylic acids is 1. The van der Waals surface area contributed by atoms with E-state index in [1.54, 1.807) is 12.1 Å². The van der Waals surface area contributed by atoms with Crippen LogP contribution in [0.2, 0.25) is 0 Å². The lowest BCUT2D eigenvalue weighted by Gasteiger charge is -2.47. The Morgan fingerprint density at radius 3 is 2.40 bits per heavy atom. The van der Waals surface area contributed by atoms with Gasteiger partial charge in [-0.2, -0.15) is 5.26 Å². The van der Waals surface area contributed by atoms with E-state index in [2.05, 4.69) is 107 Å². The number of carboxylic acids is 1. The van der Waals surface area contributed by atoms with E-state index < -0.39 is 5.97 Å². The zero-order valence-electron chi connectivity index (χ0n) is 24.1. The van der Waals surface area contributed by atoms with Crippen molar-refractivity contribution in [3.8, 4) is 17.2 Å². The first-order chi connectivity index (χ1) is 18.9. The molecule has 0 saturated heterocycles. The van der Waals surface area contributed by atoms with E-state index in [0.717, 1.165) is 12.0 Å². The first kappa shape index (κ1) is 26.1. The highest BCUT2D eigenvalue weighted by molar-refractivity contribution is 5.91. The molecule has 2 aliphatic carbocycles. The average molecular weight is 529 g/mol. The highest BCUT2D eigenvalue weighted by atomic mass is 16.4. The van der Waals surface area contributed by atoms with Crippen LogP contribution < -0.4 is 4.90 Å². The Kier molecular flexibility index (Phi) is 5.68. The van der Waals surface area contributed by atoms with Crippen LogP contribution in [0, 0.1) is 27.6 Å². The van der Waals surface area contributed by atoms with Crippen LogP contribution in [0.1, 0.15) is 69.7 Å². The molecular weight excluding hydrogens is 492 g/mol. The Balaban J connectivity index is 1.48. The number of benzene rings is 3. The van der Waals surface area contributed by atoms with Crippen LogP contribution in [0.5, 0.6) is 0 Å². The Labute approximate surface area is 237 Å². The van der Waals surface area contributed by atoms with Gasteiger partial charge in [-0.25, -0.2) is 4.79 Å². The molecule has 6 rings (SSSR count). The summed E-state index contributed by atoms with van der Waals surface area (Å²) >= 11 is 0. The van der Waals surface area contributed by atoms with Gasteiger partial charge in [0.1, 0.15) is 11.6 Å². The number of carbonyl (C=O) groups is 1. The monoisotopic (exact) mass is 528 g/mol. The molecule has 3 aromatic rings. The van der Waals surface area contributed by atoms with Crippen molar-refractivity contribution in [2.24, 2.45) is 16.2 Å². The van der Waals surface area contributed by atoms with Crippen LogP contribution in [-0.4, -0.2) is 17.1 Å². The Bertz CT molecular complexity index is 1660. The molecule has 40 heavy (non-hydrogen) atoms. The molecule has 2 unspecified atom stereocenters. The van der Waals surface area contributed by atoms with Crippen molar-refractivity contribution >= 4 is 23.4 Å². The molecule has 0 amide bonds. The van der Waals surface area contributed by atoms with E-state index in [9.17, 15) is 9.90 Å². The van der Waals surface area contributed by atoms with Crippen molar-refractivity contribution in [3.63, 3.8) is 0 Å². The zero-order valence-corrected chi connectivity index (χ0v) is 24.1. The van der Waals surface area contributed by atoms with Gasteiger partial charge in [-0.15, -0.1) is 0 Å². The van der Waals surface area contributed by atoms with Crippen molar-refractivity contribution in [1.82, 2.24) is 0 Å². The summed E-state index contributed by atoms with van der Waals surface area (Å²) in [6.07, 6.45) is 5.87. The van der Waals surface area contributed by atoms with E-state index in [4.69, 9.17) is 5.26 Å². The summed E-state index contributed by atoms with van der Waals surface area (Å²) in [6.45, 7) is 14.6. The molecule has 1 N–H and O–H groups in total. The first-order valence-electron chi connectivity index (χ1n) is 14.1. The average Bonchev–Trinajstić information content (AvgIpc) is 3.49. The maximum Gasteiger partial charge on any atom is 0.346 e. The van der Waals surface area contributed by atoms with Crippen LogP contribution in [0.15, 0.2) is 78.4 Å². The number of allylic oxidation sites excluding steroid dienone is 2. The van der Waals surface area contributed by atoms with Crippen LogP contribution in [-0.2, 0) is 11.2 Å². The smallest absolute Gasteiger partial charge is 0.346 e. The summed E-state index contributed by atoms with van der Waals surface area (Å²) in [5, 5.41) is 18.3. The van der Waals surface area contributed by atoms with Gasteiger partial charge < -0.3 is 10.0 Å². The molecule has 1 saturated carbocycles. The van der Waals surface area contributed by atoms with Crippen molar-refractivity contribution in [3.05, 3.63) is 101 Å². The van der Waals surface area contributed by atoms with Gasteiger partial charge in [-0.3, -0.25) is 0 Å². The highest BCUT2D eigenvalue weighted by Crippen LogP contribution is 2.73. The van der Waals surface area contributed by atoms with E-state index in [-0.39, 0.29) is 27.9 Å². The predicted octanol–water partition coefficient (Wildman–Crippen LogP) is 8.50. The normalized spacial score (nSPS) is 22.9. The van der Waals surface area contributed by atoms with Crippen LogP contribution in [0.3, 0.4) is 0 Å². The second-order valence-electron chi connectivity index (χ2n) is 13.2. The van der Waals surface area contributed by atoms with Crippen molar-refractivity contribution in [2.45, 2.75) is 59.9 Å². The number of rotatable bonds is 4. The second-order valence-corrected chi connectivity index (χ2v) is 13.2. The minimum atomic E-state index is -1.21. The maximum absolute atomic E-state index is 11.2. The molecule has 1 aliphatic heterocycles. The van der Waals surface area contributed by atoms with Gasteiger partial charge in [0.15, 0.2) is 0 Å². The summed E-state index contributed by atoms with van der Waals surface area (Å²) in [6, 6.07) is 24.3. The summed E-state index contributed by atoms with van der Waals surface area (Å²) < 4.78 is 0. The fourth-order valence-corrected chi connectivity index (χ4v) is 7.72. The lowest BCUT2D eigenvalue weighted by Crippen LogP contribution is -2.44. The molecule has 0 aromatic heterocycles. The standard InChI is InChI=1S/C36H36N2O2/c1-34(2)31-29-18-22(10-9-12-24(21-37)33(39)40)14-17-30(29)38(32(31)35(3,4)36(34,5)6)26-15-16-28-25(20-26)19-23-11-7-8-13-27(23)28/h7-18,20,31-32H,19H2,1-6H3,(H,39,40). The molecule has 4 heteroatoms. The topological polar surface area (TPSA) is 64.3 Å². The SMILES string of the molecule is CC1(C)C2c3cc(C=CC=C(C#N)C(=O)O)ccc3N(c3ccc4c(c3)Cc3ccccc3-4)C2C(C)(C)C1(C)C. The molecule has 0 radical (unpaired) electrons. The molecule has 2 atom stereocenters. The Morgan fingerprint density at radius 1 is 0.950 bits per heavy atom. The zero-order chi connectivity index (χ0) is 28.6. The van der Waals surface area contributed by atoms with Crippen molar-refractivity contribution in [1.29, 1.82) is 5.26 Å². The molecule has 3 aromatic carbocycles. The largest absolute Gasteiger partial charge is 0.477 e. The molecule has 0 spiro atoms. The number of fused-ring (bicyclic) bond motifs is 6. The van der Waals surface area contributed by atoms with Gasteiger partial charge in [0.2, 0.25) is 0 Å². The minimum Gasteiger partial charge on any atom is -0.477 e. The summed E-state index contributed by atoms with van der Waals surface area (Å²) in [5.41, 5.74) is 10.1. The maximum atomic E-state index is 11.2. The van der Waals surface area contributed by atoms with Gasteiger partial charge in [0.25, 0.3) is 0 Å². The fourth-order valence-electron chi connectivity index (χ4n) is 7.72. The lowest BCUT2D eigenvalue weighted by molar-refractivity contribution is -0.132. The van der Waals surface area contributed by atoms with Gasteiger partial charge >= 0.3 is 5.97 Å². The van der Waals surface area contributed by atoms with E-state index in [1.165, 1.54) is 45.3 Å². The highest BCUT2D eigenvalue weighted by Gasteiger charge is 2.68. The number of nitriles is 1. The molecule has 3 aliphatic rings. The molecule has 0 bridgehead atoms. The number of nitrogens with zero attached hydrogens (tertiary/aromatic N) is 2. The second kappa shape index (κ2) is 8.70. The molecule has 202 valence electrons. The number of carboxylic acid groups (broad SMARTS) is 1. The predicted molar refractivity (Wildman–Crippen MR) is 162 cm³/mol. The molecule has 1 heterocycles. The Morgan fingerprint density at radius 2 is 1.68 bits per heavy atom. The van der Waals surface area contributed by atoms with E-state index >= 15 is 0 Å². The van der Waals surface area contributed by atoms with Gasteiger partial charge in [0, 0.05) is 23.3 Å². The fraction of sp³-hybridized carbons (Fsp3) is 0.333. The quantitative estimate of drug-likeness (QED) is 0.164. The van der Waals surface area contributed by atoms with Crippen LogP contribution >= 0.6 is 0 Å². The molecule has 1 fully saturated rings. The number of hydrogen-bond donors (Lipinski definition) is 1. The third kappa shape index (κ3) is 3.47. The number of anilines is 2. The van der Waals surface area contributed by atoms with Gasteiger partial charge in [0.05, 0.1) is 0 Å². The lowest BCUT2D eigenvalue weighted by atomic mass is 9.59. The first-order valence-corrected chi connectivity index (χ1v) is 14.1.